The Hall–Kier alpha value is 0.582. The molecule has 0 bridgehead atoms. The maximum absolute atomic E-state index is 9.53. The zero-order valence-corrected chi connectivity index (χ0v) is 8.93. The molecule has 0 aromatic rings. The van der Waals surface area contributed by atoms with Gasteiger partial charge in [0.05, 0.1) is 0 Å². The third-order valence-corrected chi connectivity index (χ3v) is 0.996. The molecule has 0 N–H and O–H groups in total. The molecule has 0 aliphatic heterocycles. The average molecular weight is 253 g/mol. The van der Waals surface area contributed by atoms with Gasteiger partial charge in [-0.2, -0.15) is 0 Å². The fourth-order valence-electron chi connectivity index (χ4n) is 0.289. The molecule has 0 amide bonds. The Morgan fingerprint density at radius 3 is 1.09 bits per heavy atom. The molecule has 72 valence electrons. The van der Waals surface area contributed by atoms with Crippen LogP contribution in [-0.4, -0.2) is 13.2 Å². The summed E-state index contributed by atoms with van der Waals surface area (Å²) in [4.78, 5) is 0. The Morgan fingerprint density at radius 1 is 0.818 bits per heavy atom. The molecule has 0 aromatic heterocycles. The first kappa shape index (κ1) is 17.6. The van der Waals surface area contributed by atoms with Gasteiger partial charge in [-0.05, 0) is 0 Å². The van der Waals surface area contributed by atoms with Crippen molar-refractivity contribution >= 4 is 0 Å². The van der Waals surface area contributed by atoms with Gasteiger partial charge in [-0.1, -0.05) is 39.5 Å². The van der Waals surface area contributed by atoms with E-state index in [0.29, 0.717) is 0 Å². The first-order valence-electron chi connectivity index (χ1n) is 3.99. The zero-order chi connectivity index (χ0) is 8.24. The van der Waals surface area contributed by atoms with Crippen LogP contribution in [-0.2, 0) is 20.4 Å². The second-order valence-corrected chi connectivity index (χ2v) is 2.12. The Labute approximate surface area is 83.7 Å². The van der Waals surface area contributed by atoms with Gasteiger partial charge in [0.15, 0.2) is 0 Å². The van der Waals surface area contributed by atoms with Crippen molar-refractivity contribution < 1.29 is 30.6 Å². The Bertz CT molecular complexity index is 33.1. The molecule has 3 heteroatoms. The van der Waals surface area contributed by atoms with Gasteiger partial charge in [0.25, 0.3) is 0 Å². The molecule has 0 heterocycles. The number of hydrogen-bond donors (Lipinski definition) is 0. The molecule has 11 heavy (non-hydrogen) atoms. The summed E-state index contributed by atoms with van der Waals surface area (Å²) < 4.78 is 0. The van der Waals surface area contributed by atoms with Crippen LogP contribution >= 0.6 is 0 Å². The Morgan fingerprint density at radius 2 is 1.09 bits per heavy atom. The van der Waals surface area contributed by atoms with Gasteiger partial charge in [0, 0.05) is 0 Å². The summed E-state index contributed by atoms with van der Waals surface area (Å²) in [5.41, 5.74) is 0. The molecular weight excluding hydrogens is 235 g/mol. The minimum Gasteiger partial charge on any atom is -0.854 e. The van der Waals surface area contributed by atoms with Crippen molar-refractivity contribution in [2.45, 2.75) is 39.5 Å². The van der Waals surface area contributed by atoms with Crippen LogP contribution in [0.25, 0.3) is 0 Å². The minimum atomic E-state index is 0. The third kappa shape index (κ3) is 37.1. The van der Waals surface area contributed by atoms with E-state index in [4.69, 9.17) is 0 Å². The summed E-state index contributed by atoms with van der Waals surface area (Å²) in [5.74, 6) is 0. The van der Waals surface area contributed by atoms with E-state index in [1.54, 1.807) is 0 Å². The van der Waals surface area contributed by atoms with Crippen LogP contribution in [0.2, 0.25) is 0 Å². The second kappa shape index (κ2) is 22.4. The van der Waals surface area contributed by atoms with Crippen LogP contribution in [0.3, 0.4) is 0 Å². The molecule has 0 unspecified atom stereocenters. The van der Waals surface area contributed by atoms with Crippen molar-refractivity contribution in [1.82, 2.24) is 0 Å². The molecule has 0 atom stereocenters. The van der Waals surface area contributed by atoms with E-state index in [1.807, 2.05) is 13.8 Å². The van der Waals surface area contributed by atoms with Crippen LogP contribution < -0.4 is 10.2 Å². The fraction of sp³-hybridized carbons (Fsp3) is 1.00. The summed E-state index contributed by atoms with van der Waals surface area (Å²) in [5, 5.41) is 19.1. The average Bonchev–Trinajstić information content (AvgIpc) is 1.93. The largest absolute Gasteiger partial charge is 2.00 e. The molecular formula is C8H18O2Pd. The van der Waals surface area contributed by atoms with Crippen LogP contribution in [0.4, 0.5) is 0 Å². The van der Waals surface area contributed by atoms with Crippen molar-refractivity contribution in [3.63, 3.8) is 0 Å². The van der Waals surface area contributed by atoms with E-state index in [0.717, 1.165) is 25.7 Å². The fourth-order valence-corrected chi connectivity index (χ4v) is 0.289. The molecule has 0 saturated carbocycles. The first-order chi connectivity index (χ1) is 4.83. The maximum Gasteiger partial charge on any atom is 2.00 e. The molecule has 0 aromatic carbocycles. The molecule has 2 nitrogen and oxygen atoms in total. The zero-order valence-electron chi connectivity index (χ0n) is 7.38. The molecule has 0 aliphatic rings. The van der Waals surface area contributed by atoms with Crippen molar-refractivity contribution in [3.8, 4) is 0 Å². The van der Waals surface area contributed by atoms with E-state index in [-0.39, 0.29) is 33.6 Å². The summed E-state index contributed by atoms with van der Waals surface area (Å²) in [6.07, 6.45) is 3.73. The van der Waals surface area contributed by atoms with E-state index < -0.39 is 0 Å². The summed E-state index contributed by atoms with van der Waals surface area (Å²) >= 11 is 0. The molecule has 0 rings (SSSR count). The molecule has 0 saturated heterocycles. The predicted molar refractivity (Wildman–Crippen MR) is 39.6 cm³/mol. The van der Waals surface area contributed by atoms with E-state index in [2.05, 4.69) is 0 Å². The van der Waals surface area contributed by atoms with Gasteiger partial charge >= 0.3 is 20.4 Å². The number of hydrogen-bond acceptors (Lipinski definition) is 2. The standard InChI is InChI=1S/2C4H9O.Pd/c2*1-2-3-4-5;/h2*2-4H2,1H3;/q2*-1;+2. The summed E-state index contributed by atoms with van der Waals surface area (Å²) in [6.45, 7) is 4.21. The van der Waals surface area contributed by atoms with E-state index >= 15 is 0 Å². The van der Waals surface area contributed by atoms with Crippen molar-refractivity contribution in [3.05, 3.63) is 0 Å². The SMILES string of the molecule is CCCC[O-].CCCC[O-].[Pd+2]. The van der Waals surface area contributed by atoms with E-state index in [1.165, 1.54) is 0 Å². The monoisotopic (exact) mass is 252 g/mol. The normalized spacial score (nSPS) is 7.64. The van der Waals surface area contributed by atoms with Crippen molar-refractivity contribution in [2.75, 3.05) is 13.2 Å². The van der Waals surface area contributed by atoms with Gasteiger partial charge in [-0.25, -0.2) is 0 Å². The number of rotatable bonds is 4. The van der Waals surface area contributed by atoms with E-state index in [9.17, 15) is 10.2 Å². The molecule has 0 spiro atoms. The van der Waals surface area contributed by atoms with Crippen LogP contribution in [0.5, 0.6) is 0 Å². The van der Waals surface area contributed by atoms with Gasteiger partial charge in [-0.15, -0.1) is 13.2 Å². The van der Waals surface area contributed by atoms with Crippen LogP contribution in [0.15, 0.2) is 0 Å². The quantitative estimate of drug-likeness (QED) is 0.675. The van der Waals surface area contributed by atoms with Gasteiger partial charge < -0.3 is 10.2 Å². The first-order valence-corrected chi connectivity index (χ1v) is 3.99. The van der Waals surface area contributed by atoms with Gasteiger partial charge in [0.1, 0.15) is 0 Å². The second-order valence-electron chi connectivity index (χ2n) is 2.12. The van der Waals surface area contributed by atoms with Crippen molar-refractivity contribution in [1.29, 1.82) is 0 Å². The Kier molecular flexibility index (Phi) is 35.9. The predicted octanol–water partition coefficient (Wildman–Crippen LogP) is 0.291. The topological polar surface area (TPSA) is 46.1 Å². The maximum atomic E-state index is 9.53. The third-order valence-electron chi connectivity index (χ3n) is 0.996. The summed E-state index contributed by atoms with van der Waals surface area (Å²) in [6, 6.07) is 0. The Balaban J connectivity index is -0.000000107. The molecule has 0 fully saturated rings. The smallest absolute Gasteiger partial charge is 0.854 e. The number of unbranched alkanes of at least 4 members (excludes halogenated alkanes) is 2. The minimum absolute atomic E-state index is 0. The van der Waals surface area contributed by atoms with Crippen LogP contribution in [0, 0.1) is 0 Å². The van der Waals surface area contributed by atoms with Crippen molar-refractivity contribution in [2.24, 2.45) is 0 Å². The molecule has 0 aliphatic carbocycles. The van der Waals surface area contributed by atoms with Gasteiger partial charge in [-0.3, -0.25) is 0 Å². The van der Waals surface area contributed by atoms with Gasteiger partial charge in [0.2, 0.25) is 0 Å². The van der Waals surface area contributed by atoms with Crippen LogP contribution in [0.1, 0.15) is 39.5 Å². The summed E-state index contributed by atoms with van der Waals surface area (Å²) in [7, 11) is 0. The molecule has 0 radical (unpaired) electrons.